The highest BCUT2D eigenvalue weighted by Crippen LogP contribution is 2.36. The van der Waals surface area contributed by atoms with Crippen LogP contribution in [0, 0.1) is 11.8 Å². The summed E-state index contributed by atoms with van der Waals surface area (Å²) >= 11 is 1.50. The van der Waals surface area contributed by atoms with Crippen LogP contribution in [0.2, 0.25) is 0 Å². The molecule has 4 nitrogen and oxygen atoms in total. The topological polar surface area (TPSA) is 46.6 Å². The molecule has 0 bridgehead atoms. The summed E-state index contributed by atoms with van der Waals surface area (Å²) < 4.78 is 43.7. The molecule has 2 rings (SSSR count). The van der Waals surface area contributed by atoms with Gasteiger partial charge >= 0.3 is 12.1 Å². The Morgan fingerprint density at radius 2 is 1.75 bits per heavy atom. The van der Waals surface area contributed by atoms with E-state index >= 15 is 0 Å². The first-order chi connectivity index (χ1) is 13.0. The number of carbonyl (C=O) groups is 2. The van der Waals surface area contributed by atoms with Gasteiger partial charge in [0.2, 0.25) is 0 Å². The molecule has 2 unspecified atom stereocenters. The summed E-state index contributed by atoms with van der Waals surface area (Å²) in [4.78, 5) is 27.1. The first-order valence-electron chi connectivity index (χ1n) is 9.28. The van der Waals surface area contributed by atoms with E-state index in [0.29, 0.717) is 18.1 Å². The lowest BCUT2D eigenvalue weighted by Crippen LogP contribution is -2.46. The van der Waals surface area contributed by atoms with Crippen LogP contribution in [-0.4, -0.2) is 40.6 Å². The molecule has 1 aromatic carbocycles. The number of thioether (sulfide) groups is 1. The highest BCUT2D eigenvalue weighted by molar-refractivity contribution is 8.00. The standard InChI is InChI=1S/C20H26F3NO3S/c1-12(2)9-17-24(16(11-28-17)19(26)27-10-13(3)4)18(25)14-5-7-15(8-6-14)20(21,22)23/h5-8,12-13,16-17H,9-11H2,1-4H3. The van der Waals surface area contributed by atoms with Gasteiger partial charge in [0.05, 0.1) is 17.5 Å². The number of carbonyl (C=O) groups excluding carboxylic acids is 2. The molecule has 0 aliphatic carbocycles. The van der Waals surface area contributed by atoms with Gasteiger partial charge in [0.15, 0.2) is 0 Å². The number of amides is 1. The number of halogens is 3. The van der Waals surface area contributed by atoms with Gasteiger partial charge in [-0.15, -0.1) is 11.8 Å². The molecular formula is C20H26F3NO3S. The summed E-state index contributed by atoms with van der Waals surface area (Å²) in [5, 5.41) is -0.216. The fourth-order valence-electron chi connectivity index (χ4n) is 2.90. The predicted molar refractivity (Wildman–Crippen MR) is 103 cm³/mol. The zero-order chi connectivity index (χ0) is 21.1. The van der Waals surface area contributed by atoms with Crippen molar-refractivity contribution in [1.82, 2.24) is 4.90 Å². The molecule has 0 N–H and O–H groups in total. The van der Waals surface area contributed by atoms with Gasteiger partial charge in [-0.25, -0.2) is 4.79 Å². The third kappa shape index (κ3) is 5.65. The van der Waals surface area contributed by atoms with E-state index in [-0.39, 0.29) is 23.5 Å². The van der Waals surface area contributed by atoms with Crippen LogP contribution in [0.5, 0.6) is 0 Å². The van der Waals surface area contributed by atoms with Crippen LogP contribution in [0.3, 0.4) is 0 Å². The van der Waals surface area contributed by atoms with Crippen LogP contribution in [0.15, 0.2) is 24.3 Å². The second-order valence-corrected chi connectivity index (χ2v) is 8.96. The Hall–Kier alpha value is -1.70. The fourth-order valence-corrected chi connectivity index (χ4v) is 4.52. The lowest BCUT2D eigenvalue weighted by Gasteiger charge is -2.29. The summed E-state index contributed by atoms with van der Waals surface area (Å²) in [5.74, 6) is -0.0290. The average Bonchev–Trinajstić information content (AvgIpc) is 3.01. The van der Waals surface area contributed by atoms with Crippen LogP contribution < -0.4 is 0 Å². The number of alkyl halides is 3. The minimum atomic E-state index is -4.46. The van der Waals surface area contributed by atoms with Crippen LogP contribution in [-0.2, 0) is 15.7 Å². The number of rotatable bonds is 6. The van der Waals surface area contributed by atoms with Gasteiger partial charge < -0.3 is 9.64 Å². The van der Waals surface area contributed by atoms with Crippen LogP contribution in [0.25, 0.3) is 0 Å². The molecule has 1 amide bonds. The normalized spacial score (nSPS) is 20.1. The van der Waals surface area contributed by atoms with Crippen molar-refractivity contribution in [3.63, 3.8) is 0 Å². The molecule has 0 aromatic heterocycles. The van der Waals surface area contributed by atoms with E-state index in [0.717, 1.165) is 24.3 Å². The Morgan fingerprint density at radius 3 is 2.25 bits per heavy atom. The second kappa shape index (κ2) is 9.20. The Morgan fingerprint density at radius 1 is 1.14 bits per heavy atom. The summed E-state index contributed by atoms with van der Waals surface area (Å²) in [6, 6.07) is 3.37. The van der Waals surface area contributed by atoms with E-state index in [4.69, 9.17) is 4.74 Å². The van der Waals surface area contributed by atoms with Gasteiger partial charge in [0, 0.05) is 11.3 Å². The van der Waals surface area contributed by atoms with Crippen molar-refractivity contribution in [2.75, 3.05) is 12.4 Å². The van der Waals surface area contributed by atoms with Gasteiger partial charge in [-0.2, -0.15) is 13.2 Å². The van der Waals surface area contributed by atoms with Crippen molar-refractivity contribution >= 4 is 23.6 Å². The third-order valence-corrected chi connectivity index (χ3v) is 5.60. The Bertz CT molecular complexity index is 689. The largest absolute Gasteiger partial charge is 0.464 e. The van der Waals surface area contributed by atoms with Gasteiger partial charge in [-0.05, 0) is 42.5 Å². The first-order valence-corrected chi connectivity index (χ1v) is 10.3. The summed E-state index contributed by atoms with van der Waals surface area (Å²) in [6.45, 7) is 8.14. The number of esters is 1. The van der Waals surface area contributed by atoms with E-state index in [1.54, 1.807) is 0 Å². The van der Waals surface area contributed by atoms with Crippen molar-refractivity contribution in [2.45, 2.75) is 51.7 Å². The molecule has 1 fully saturated rings. The van der Waals surface area contributed by atoms with Gasteiger partial charge in [-0.3, -0.25) is 4.79 Å². The number of nitrogens with zero attached hydrogens (tertiary/aromatic N) is 1. The summed E-state index contributed by atoms with van der Waals surface area (Å²) in [7, 11) is 0. The van der Waals surface area contributed by atoms with Crippen molar-refractivity contribution in [3.8, 4) is 0 Å². The molecule has 1 aliphatic heterocycles. The van der Waals surface area contributed by atoms with Crippen molar-refractivity contribution in [1.29, 1.82) is 0 Å². The minimum absolute atomic E-state index is 0.130. The SMILES string of the molecule is CC(C)COC(=O)C1CSC(CC(C)C)N1C(=O)c1ccc(C(F)(F)F)cc1. The van der Waals surface area contributed by atoms with Crippen LogP contribution >= 0.6 is 11.8 Å². The Balaban J connectivity index is 2.25. The van der Waals surface area contributed by atoms with E-state index in [1.807, 2.05) is 27.7 Å². The molecule has 1 aromatic rings. The molecule has 1 heterocycles. The zero-order valence-corrected chi connectivity index (χ0v) is 17.3. The Kier molecular flexibility index (Phi) is 7.42. The molecule has 1 aliphatic rings. The highest BCUT2D eigenvalue weighted by atomic mass is 32.2. The number of ether oxygens (including phenoxy) is 1. The predicted octanol–water partition coefficient (Wildman–Crippen LogP) is 4.83. The Labute approximate surface area is 167 Å². The number of hydrogen-bond acceptors (Lipinski definition) is 4. The molecule has 28 heavy (non-hydrogen) atoms. The van der Waals surface area contributed by atoms with Crippen LogP contribution in [0.1, 0.15) is 50.0 Å². The molecule has 2 atom stereocenters. The van der Waals surface area contributed by atoms with Gasteiger partial charge in [0.25, 0.3) is 5.91 Å². The fraction of sp³-hybridized carbons (Fsp3) is 0.600. The monoisotopic (exact) mass is 417 g/mol. The number of hydrogen-bond donors (Lipinski definition) is 0. The van der Waals surface area contributed by atoms with Crippen molar-refractivity contribution in [3.05, 3.63) is 35.4 Å². The molecular weight excluding hydrogens is 391 g/mol. The summed E-state index contributed by atoms with van der Waals surface area (Å²) in [5.41, 5.74) is -0.683. The molecule has 0 radical (unpaired) electrons. The quantitative estimate of drug-likeness (QED) is 0.622. The maximum absolute atomic E-state index is 13.1. The highest BCUT2D eigenvalue weighted by Gasteiger charge is 2.43. The average molecular weight is 417 g/mol. The molecule has 8 heteroatoms. The smallest absolute Gasteiger partial charge is 0.416 e. The van der Waals surface area contributed by atoms with Crippen molar-refractivity contribution < 1.29 is 27.5 Å². The zero-order valence-electron chi connectivity index (χ0n) is 16.5. The van der Waals surface area contributed by atoms with E-state index < -0.39 is 29.7 Å². The maximum Gasteiger partial charge on any atom is 0.416 e. The third-order valence-electron chi connectivity index (χ3n) is 4.29. The maximum atomic E-state index is 13.1. The first kappa shape index (κ1) is 22.6. The van der Waals surface area contributed by atoms with E-state index in [2.05, 4.69) is 0 Å². The number of benzene rings is 1. The molecule has 156 valence electrons. The van der Waals surface area contributed by atoms with Gasteiger partial charge in [-0.1, -0.05) is 27.7 Å². The second-order valence-electron chi connectivity index (χ2n) is 7.74. The summed E-state index contributed by atoms with van der Waals surface area (Å²) in [6.07, 6.45) is -3.78. The van der Waals surface area contributed by atoms with E-state index in [9.17, 15) is 22.8 Å². The minimum Gasteiger partial charge on any atom is -0.464 e. The van der Waals surface area contributed by atoms with Crippen molar-refractivity contribution in [2.24, 2.45) is 11.8 Å². The molecule has 0 saturated carbocycles. The van der Waals surface area contributed by atoms with Crippen LogP contribution in [0.4, 0.5) is 13.2 Å². The molecule has 0 spiro atoms. The lowest BCUT2D eigenvalue weighted by molar-refractivity contribution is -0.149. The van der Waals surface area contributed by atoms with E-state index in [1.165, 1.54) is 16.7 Å². The van der Waals surface area contributed by atoms with Gasteiger partial charge in [0.1, 0.15) is 6.04 Å². The lowest BCUT2D eigenvalue weighted by atomic mass is 10.1. The molecule has 1 saturated heterocycles.